The normalized spacial score (nSPS) is 11.2. The van der Waals surface area contributed by atoms with Gasteiger partial charge in [0.25, 0.3) is 0 Å². The van der Waals surface area contributed by atoms with Gasteiger partial charge in [-0.05, 0) is 25.5 Å². The van der Waals surface area contributed by atoms with Crippen LogP contribution in [0.1, 0.15) is 21.6 Å². The topological polar surface area (TPSA) is 59.5 Å². The van der Waals surface area contributed by atoms with Crippen molar-refractivity contribution in [2.24, 2.45) is 7.05 Å². The van der Waals surface area contributed by atoms with E-state index in [1.807, 2.05) is 20.0 Å². The van der Waals surface area contributed by atoms with Crippen LogP contribution in [0, 0.1) is 13.8 Å². The molecule has 0 fully saturated rings. The number of fused-ring (bicyclic) bond motifs is 1. The first-order valence-electron chi connectivity index (χ1n) is 6.32. The smallest absolute Gasteiger partial charge is 0.354 e. The Kier molecular flexibility index (Phi) is 2.64. The van der Waals surface area contributed by atoms with E-state index in [2.05, 4.69) is 23.2 Å². The number of aromatic nitrogens is 3. The number of rotatable bonds is 2. The second kappa shape index (κ2) is 4.23. The van der Waals surface area contributed by atoms with Crippen molar-refractivity contribution in [2.45, 2.75) is 13.8 Å². The van der Waals surface area contributed by atoms with Crippen LogP contribution >= 0.6 is 0 Å². The van der Waals surface area contributed by atoms with Crippen molar-refractivity contribution in [3.63, 3.8) is 0 Å². The summed E-state index contributed by atoms with van der Waals surface area (Å²) in [5.41, 5.74) is 4.48. The Labute approximate surface area is 116 Å². The first-order chi connectivity index (χ1) is 9.47. The SMILES string of the molecule is Cc1ccc(C)c(-c2cn3cc(C(=O)O)n(C)c3n2)c1. The fourth-order valence-corrected chi connectivity index (χ4v) is 2.39. The van der Waals surface area contributed by atoms with Crippen molar-refractivity contribution >= 4 is 11.7 Å². The van der Waals surface area contributed by atoms with E-state index in [-0.39, 0.29) is 5.69 Å². The predicted molar refractivity (Wildman–Crippen MR) is 76.0 cm³/mol. The van der Waals surface area contributed by atoms with Gasteiger partial charge in [0, 0.05) is 25.0 Å². The highest BCUT2D eigenvalue weighted by Crippen LogP contribution is 2.24. The Morgan fingerprint density at radius 1 is 1.25 bits per heavy atom. The van der Waals surface area contributed by atoms with Gasteiger partial charge in [-0.1, -0.05) is 17.7 Å². The molecular formula is C15H15N3O2. The van der Waals surface area contributed by atoms with Gasteiger partial charge >= 0.3 is 5.97 Å². The van der Waals surface area contributed by atoms with Crippen LogP contribution in [0.3, 0.4) is 0 Å². The summed E-state index contributed by atoms with van der Waals surface area (Å²) >= 11 is 0. The van der Waals surface area contributed by atoms with Gasteiger partial charge in [-0.25, -0.2) is 9.78 Å². The minimum absolute atomic E-state index is 0.222. The molecule has 0 saturated heterocycles. The van der Waals surface area contributed by atoms with Crippen LogP contribution in [0.25, 0.3) is 17.0 Å². The molecule has 0 bridgehead atoms. The fourth-order valence-electron chi connectivity index (χ4n) is 2.39. The third-order valence-corrected chi connectivity index (χ3v) is 3.52. The van der Waals surface area contributed by atoms with E-state index in [1.54, 1.807) is 22.2 Å². The largest absolute Gasteiger partial charge is 0.477 e. The molecular weight excluding hydrogens is 254 g/mol. The summed E-state index contributed by atoms with van der Waals surface area (Å²) in [5, 5.41) is 9.09. The third-order valence-electron chi connectivity index (χ3n) is 3.52. The summed E-state index contributed by atoms with van der Waals surface area (Å²) < 4.78 is 3.33. The molecule has 2 heterocycles. The van der Waals surface area contributed by atoms with E-state index < -0.39 is 5.97 Å². The maximum atomic E-state index is 11.1. The highest BCUT2D eigenvalue weighted by Gasteiger charge is 2.15. The molecule has 0 spiro atoms. The van der Waals surface area contributed by atoms with E-state index in [0.29, 0.717) is 5.78 Å². The molecule has 0 amide bonds. The molecule has 0 unspecified atom stereocenters. The maximum absolute atomic E-state index is 11.1. The van der Waals surface area contributed by atoms with Gasteiger partial charge in [0.2, 0.25) is 5.78 Å². The summed E-state index contributed by atoms with van der Waals surface area (Å²) in [6.07, 6.45) is 3.45. The molecule has 3 rings (SSSR count). The average Bonchev–Trinajstić information content (AvgIpc) is 2.92. The molecule has 2 aromatic heterocycles. The van der Waals surface area contributed by atoms with Gasteiger partial charge in [0.1, 0.15) is 5.69 Å². The van der Waals surface area contributed by atoms with Crippen molar-refractivity contribution in [3.8, 4) is 11.3 Å². The van der Waals surface area contributed by atoms with Crippen LogP contribution in [0.4, 0.5) is 0 Å². The van der Waals surface area contributed by atoms with Gasteiger partial charge in [0.15, 0.2) is 0 Å². The molecule has 0 radical (unpaired) electrons. The van der Waals surface area contributed by atoms with Gasteiger partial charge in [-0.2, -0.15) is 0 Å². The standard InChI is InChI=1S/C15H15N3O2/c1-9-4-5-10(2)11(6-9)12-7-18-8-13(14(19)20)17(3)15(18)16-12/h4-8H,1-3H3,(H,19,20). The number of imidazole rings is 2. The number of hydrogen-bond donors (Lipinski definition) is 1. The molecule has 0 atom stereocenters. The maximum Gasteiger partial charge on any atom is 0.354 e. The molecule has 1 aromatic carbocycles. The number of aromatic carboxylic acids is 1. The van der Waals surface area contributed by atoms with Gasteiger partial charge in [-0.3, -0.25) is 4.40 Å². The van der Waals surface area contributed by atoms with E-state index in [1.165, 1.54) is 5.56 Å². The molecule has 1 N–H and O–H groups in total. The molecule has 0 aliphatic rings. The van der Waals surface area contributed by atoms with Gasteiger partial charge in [0.05, 0.1) is 5.69 Å². The van der Waals surface area contributed by atoms with E-state index in [9.17, 15) is 4.79 Å². The molecule has 0 aliphatic carbocycles. The molecule has 5 heteroatoms. The molecule has 5 nitrogen and oxygen atoms in total. The Hall–Kier alpha value is -2.56. The van der Waals surface area contributed by atoms with Crippen molar-refractivity contribution < 1.29 is 9.90 Å². The molecule has 0 aliphatic heterocycles. The highest BCUT2D eigenvalue weighted by molar-refractivity contribution is 5.86. The lowest BCUT2D eigenvalue weighted by molar-refractivity contribution is 0.0686. The lowest BCUT2D eigenvalue weighted by Crippen LogP contribution is -2.04. The highest BCUT2D eigenvalue weighted by atomic mass is 16.4. The first kappa shape index (κ1) is 12.5. The van der Waals surface area contributed by atoms with Gasteiger partial charge in [-0.15, -0.1) is 0 Å². The van der Waals surface area contributed by atoms with Crippen molar-refractivity contribution in [2.75, 3.05) is 0 Å². The minimum atomic E-state index is -0.953. The van der Waals surface area contributed by atoms with Crippen LogP contribution in [-0.4, -0.2) is 25.0 Å². The summed E-state index contributed by atoms with van der Waals surface area (Å²) in [5.74, 6) is -0.329. The Morgan fingerprint density at radius 3 is 2.65 bits per heavy atom. The average molecular weight is 269 g/mol. The second-order valence-electron chi connectivity index (χ2n) is 5.03. The van der Waals surface area contributed by atoms with Crippen LogP contribution in [0.5, 0.6) is 0 Å². The Balaban J connectivity index is 2.19. The lowest BCUT2D eigenvalue weighted by Gasteiger charge is -2.03. The van der Waals surface area contributed by atoms with Crippen LogP contribution in [0.15, 0.2) is 30.6 Å². The number of carboxylic acid groups (broad SMARTS) is 1. The number of carbonyl (C=O) groups is 1. The number of aryl methyl sites for hydroxylation is 3. The molecule has 102 valence electrons. The number of benzene rings is 1. The second-order valence-corrected chi connectivity index (χ2v) is 5.03. The zero-order valence-corrected chi connectivity index (χ0v) is 11.6. The van der Waals surface area contributed by atoms with Crippen molar-refractivity contribution in [1.29, 1.82) is 0 Å². The molecule has 0 saturated carbocycles. The third kappa shape index (κ3) is 1.79. The first-order valence-corrected chi connectivity index (χ1v) is 6.32. The number of hydrogen-bond acceptors (Lipinski definition) is 2. The summed E-state index contributed by atoms with van der Waals surface area (Å²) in [4.78, 5) is 15.6. The minimum Gasteiger partial charge on any atom is -0.477 e. The van der Waals surface area contributed by atoms with E-state index in [0.717, 1.165) is 16.8 Å². The van der Waals surface area contributed by atoms with E-state index >= 15 is 0 Å². The molecule has 20 heavy (non-hydrogen) atoms. The van der Waals surface area contributed by atoms with Crippen LogP contribution in [-0.2, 0) is 7.05 Å². The summed E-state index contributed by atoms with van der Waals surface area (Å²) in [7, 11) is 1.71. The van der Waals surface area contributed by atoms with Crippen molar-refractivity contribution in [3.05, 3.63) is 47.4 Å². The Bertz CT molecular complexity index is 827. The van der Waals surface area contributed by atoms with Gasteiger partial charge < -0.3 is 9.67 Å². The monoisotopic (exact) mass is 269 g/mol. The van der Waals surface area contributed by atoms with Crippen LogP contribution in [0.2, 0.25) is 0 Å². The fraction of sp³-hybridized carbons (Fsp3) is 0.200. The molecule has 3 aromatic rings. The zero-order chi connectivity index (χ0) is 14.4. The number of carboxylic acids is 1. The quantitative estimate of drug-likeness (QED) is 0.778. The number of nitrogens with zero attached hydrogens (tertiary/aromatic N) is 3. The van der Waals surface area contributed by atoms with E-state index in [4.69, 9.17) is 5.11 Å². The predicted octanol–water partition coefficient (Wildman–Crippen LogP) is 2.65. The zero-order valence-electron chi connectivity index (χ0n) is 11.6. The lowest BCUT2D eigenvalue weighted by atomic mass is 10.0. The van der Waals surface area contributed by atoms with Crippen molar-refractivity contribution in [1.82, 2.24) is 14.0 Å². The summed E-state index contributed by atoms with van der Waals surface area (Å²) in [6, 6.07) is 6.23. The Morgan fingerprint density at radius 2 is 2.00 bits per heavy atom. The summed E-state index contributed by atoms with van der Waals surface area (Å²) in [6.45, 7) is 4.09. The van der Waals surface area contributed by atoms with Crippen LogP contribution < -0.4 is 0 Å².